The summed E-state index contributed by atoms with van der Waals surface area (Å²) in [6.45, 7) is 27.5. The summed E-state index contributed by atoms with van der Waals surface area (Å²) < 4.78 is 0. The Morgan fingerprint density at radius 3 is 1.68 bits per heavy atom. The Bertz CT molecular complexity index is 769. The average Bonchev–Trinajstić information content (AvgIpc) is 2.58. The van der Waals surface area contributed by atoms with Crippen LogP contribution in [0.15, 0.2) is 53.1 Å². The maximum Gasteiger partial charge on any atom is -0.00668 e. The topological polar surface area (TPSA) is 0 Å². The van der Waals surface area contributed by atoms with Crippen molar-refractivity contribution in [1.82, 2.24) is 0 Å². The highest BCUT2D eigenvalue weighted by atomic mass is 14.3. The Morgan fingerprint density at radius 1 is 0.774 bits per heavy atom. The van der Waals surface area contributed by atoms with Gasteiger partial charge in [-0.2, -0.15) is 0 Å². The first-order valence-electron chi connectivity index (χ1n) is 12.2. The van der Waals surface area contributed by atoms with Gasteiger partial charge in [-0.25, -0.2) is 0 Å². The number of benzene rings is 1. The number of hydrogen-bond donors (Lipinski definition) is 0. The van der Waals surface area contributed by atoms with E-state index in [0.717, 1.165) is 25.7 Å². The van der Waals surface area contributed by atoms with Gasteiger partial charge in [-0.1, -0.05) is 117 Å². The molecule has 0 heterocycles. The SMILES string of the molecule is CC/C=C(\CC/C=C(\C=C(C)C)C(C)(C)C)Cc1cc(C(C)(C)C)cc(C(C)(C)C)c1. The minimum atomic E-state index is 0.166. The molecule has 0 amide bonds. The highest BCUT2D eigenvalue weighted by Crippen LogP contribution is 2.32. The maximum atomic E-state index is 2.46. The van der Waals surface area contributed by atoms with Crippen molar-refractivity contribution >= 4 is 0 Å². The molecule has 0 nitrogen and oxygen atoms in total. The second kappa shape index (κ2) is 10.8. The van der Waals surface area contributed by atoms with Crippen molar-refractivity contribution in [2.24, 2.45) is 5.41 Å². The number of hydrogen-bond acceptors (Lipinski definition) is 0. The predicted octanol–water partition coefficient (Wildman–Crippen LogP) is 9.88. The normalized spacial score (nSPS) is 14.1. The molecule has 0 aliphatic heterocycles. The standard InChI is InChI=1S/C31H50/c1-13-15-24(16-14-17-26(18-23(2)3)29(4,5)6)19-25-20-27(30(7,8)9)22-28(21-25)31(10,11)12/h15,17-18,20-22H,13-14,16,19H2,1-12H3/b24-15+,26-17+. The zero-order chi connectivity index (χ0) is 24.0. The van der Waals surface area contributed by atoms with E-state index < -0.39 is 0 Å². The van der Waals surface area contributed by atoms with Gasteiger partial charge in [-0.05, 0) is 78.0 Å². The van der Waals surface area contributed by atoms with E-state index in [9.17, 15) is 0 Å². The molecule has 0 aromatic heterocycles. The van der Waals surface area contributed by atoms with Crippen molar-refractivity contribution in [3.8, 4) is 0 Å². The number of rotatable bonds is 7. The number of allylic oxidation sites excluding steroid dienone is 6. The molecule has 0 fully saturated rings. The molecule has 0 aliphatic rings. The van der Waals surface area contributed by atoms with E-state index in [1.165, 1.54) is 27.8 Å². The third kappa shape index (κ3) is 9.63. The first-order valence-corrected chi connectivity index (χ1v) is 12.2. The third-order valence-electron chi connectivity index (χ3n) is 5.79. The molecular weight excluding hydrogens is 372 g/mol. The molecule has 0 bridgehead atoms. The molecular formula is C31H50. The van der Waals surface area contributed by atoms with Gasteiger partial charge in [0.15, 0.2) is 0 Å². The lowest BCUT2D eigenvalue weighted by atomic mass is 9.79. The van der Waals surface area contributed by atoms with Crippen LogP contribution >= 0.6 is 0 Å². The minimum absolute atomic E-state index is 0.166. The zero-order valence-corrected chi connectivity index (χ0v) is 22.8. The summed E-state index contributed by atoms with van der Waals surface area (Å²) in [7, 11) is 0. The molecule has 31 heavy (non-hydrogen) atoms. The van der Waals surface area contributed by atoms with Gasteiger partial charge in [0.25, 0.3) is 0 Å². The van der Waals surface area contributed by atoms with Gasteiger partial charge in [-0.3, -0.25) is 0 Å². The maximum absolute atomic E-state index is 2.46. The fraction of sp³-hybridized carbons (Fsp3) is 0.613. The van der Waals surface area contributed by atoms with Crippen LogP contribution < -0.4 is 0 Å². The Morgan fingerprint density at radius 2 is 1.29 bits per heavy atom. The van der Waals surface area contributed by atoms with Crippen LogP contribution in [-0.4, -0.2) is 0 Å². The van der Waals surface area contributed by atoms with Gasteiger partial charge in [-0.15, -0.1) is 0 Å². The van der Waals surface area contributed by atoms with E-state index in [2.05, 4.69) is 120 Å². The largest absolute Gasteiger partial charge is 0.0853 e. The van der Waals surface area contributed by atoms with Crippen molar-refractivity contribution in [3.05, 3.63) is 69.8 Å². The Kier molecular flexibility index (Phi) is 9.61. The molecule has 1 aromatic rings. The molecule has 0 unspecified atom stereocenters. The van der Waals surface area contributed by atoms with Crippen molar-refractivity contribution in [2.75, 3.05) is 0 Å². The smallest absolute Gasteiger partial charge is 0.00668 e. The first-order chi connectivity index (χ1) is 14.0. The van der Waals surface area contributed by atoms with Crippen LogP contribution in [0.2, 0.25) is 0 Å². The molecule has 0 atom stereocenters. The van der Waals surface area contributed by atoms with E-state index in [4.69, 9.17) is 0 Å². The van der Waals surface area contributed by atoms with E-state index in [0.29, 0.717) is 0 Å². The fourth-order valence-electron chi connectivity index (χ4n) is 3.78. The van der Waals surface area contributed by atoms with Crippen LogP contribution in [0.25, 0.3) is 0 Å². The van der Waals surface area contributed by atoms with Crippen LogP contribution in [0.5, 0.6) is 0 Å². The van der Waals surface area contributed by atoms with E-state index in [-0.39, 0.29) is 16.2 Å². The lowest BCUT2D eigenvalue weighted by Crippen LogP contribution is -2.17. The van der Waals surface area contributed by atoms with Crippen molar-refractivity contribution in [3.63, 3.8) is 0 Å². The van der Waals surface area contributed by atoms with Gasteiger partial charge in [0.1, 0.15) is 0 Å². The summed E-state index contributed by atoms with van der Waals surface area (Å²) in [6.07, 6.45) is 11.7. The average molecular weight is 423 g/mol. The monoisotopic (exact) mass is 422 g/mol. The zero-order valence-electron chi connectivity index (χ0n) is 22.8. The highest BCUT2D eigenvalue weighted by Gasteiger charge is 2.21. The summed E-state index contributed by atoms with van der Waals surface area (Å²) in [4.78, 5) is 0. The molecule has 0 saturated heterocycles. The Balaban J connectivity index is 3.18. The second-order valence-electron chi connectivity index (χ2n) is 12.5. The minimum Gasteiger partial charge on any atom is -0.0853 e. The van der Waals surface area contributed by atoms with E-state index in [1.807, 2.05) is 0 Å². The lowest BCUT2D eigenvalue weighted by molar-refractivity contribution is 0.513. The van der Waals surface area contributed by atoms with E-state index in [1.54, 1.807) is 5.57 Å². The summed E-state index contributed by atoms with van der Waals surface area (Å²) >= 11 is 0. The molecule has 0 heteroatoms. The van der Waals surface area contributed by atoms with Crippen LogP contribution in [0.4, 0.5) is 0 Å². The van der Waals surface area contributed by atoms with Crippen molar-refractivity contribution < 1.29 is 0 Å². The molecule has 1 aromatic carbocycles. The van der Waals surface area contributed by atoms with Crippen molar-refractivity contribution in [2.45, 2.75) is 120 Å². The summed E-state index contributed by atoms with van der Waals surface area (Å²) in [5.41, 5.74) is 9.27. The van der Waals surface area contributed by atoms with Gasteiger partial charge in [0.05, 0.1) is 0 Å². The van der Waals surface area contributed by atoms with Crippen LogP contribution in [-0.2, 0) is 17.3 Å². The quantitative estimate of drug-likeness (QED) is 0.303. The molecule has 0 saturated carbocycles. The summed E-state index contributed by atoms with van der Waals surface area (Å²) in [5.74, 6) is 0. The molecule has 0 aliphatic carbocycles. The lowest BCUT2D eigenvalue weighted by Gasteiger charge is -2.26. The van der Waals surface area contributed by atoms with Gasteiger partial charge in [0.2, 0.25) is 0 Å². The molecule has 1 rings (SSSR count). The molecule has 0 spiro atoms. The predicted molar refractivity (Wildman–Crippen MR) is 142 cm³/mol. The van der Waals surface area contributed by atoms with Crippen LogP contribution in [0.3, 0.4) is 0 Å². The van der Waals surface area contributed by atoms with Crippen LogP contribution in [0.1, 0.15) is 119 Å². The Labute approximate surface area is 194 Å². The highest BCUT2D eigenvalue weighted by molar-refractivity contribution is 5.39. The summed E-state index contributed by atoms with van der Waals surface area (Å²) in [5, 5.41) is 0. The summed E-state index contributed by atoms with van der Waals surface area (Å²) in [6, 6.07) is 7.31. The molecule has 0 N–H and O–H groups in total. The van der Waals surface area contributed by atoms with Gasteiger partial charge >= 0.3 is 0 Å². The van der Waals surface area contributed by atoms with Crippen LogP contribution in [0, 0.1) is 5.41 Å². The van der Waals surface area contributed by atoms with Crippen molar-refractivity contribution in [1.29, 1.82) is 0 Å². The fourth-order valence-corrected chi connectivity index (χ4v) is 3.78. The second-order valence-corrected chi connectivity index (χ2v) is 12.5. The Hall–Kier alpha value is -1.56. The van der Waals surface area contributed by atoms with Gasteiger partial charge in [0, 0.05) is 0 Å². The first kappa shape index (κ1) is 27.5. The van der Waals surface area contributed by atoms with Gasteiger partial charge < -0.3 is 0 Å². The molecule has 0 radical (unpaired) electrons. The molecule has 174 valence electrons. The van der Waals surface area contributed by atoms with E-state index >= 15 is 0 Å². The third-order valence-corrected chi connectivity index (χ3v) is 5.79.